The molecule has 0 saturated heterocycles. The van der Waals surface area contributed by atoms with Gasteiger partial charge in [0.25, 0.3) is 5.91 Å². The van der Waals surface area contributed by atoms with Crippen LogP contribution in [0, 0.1) is 0 Å². The predicted molar refractivity (Wildman–Crippen MR) is 113 cm³/mol. The highest BCUT2D eigenvalue weighted by Gasteiger charge is 2.16. The van der Waals surface area contributed by atoms with Crippen LogP contribution in [0.15, 0.2) is 66.0 Å². The van der Waals surface area contributed by atoms with E-state index >= 15 is 0 Å². The standard InChI is InChI=1S/C22H21N3O2S/c1-27-12-11-25-19-10-6-5-9-17(19)13-20(25)22-24-18(15-28-22)21(26)23-14-16-7-3-2-4-8-16/h2-10,13,15H,11-12,14H2,1H3,(H,23,26). The first-order valence-electron chi connectivity index (χ1n) is 9.11. The molecule has 0 radical (unpaired) electrons. The lowest BCUT2D eigenvalue weighted by Gasteiger charge is -2.08. The molecule has 1 amide bonds. The lowest BCUT2D eigenvalue weighted by Crippen LogP contribution is -2.23. The summed E-state index contributed by atoms with van der Waals surface area (Å²) in [5, 5.41) is 6.73. The zero-order chi connectivity index (χ0) is 19.3. The van der Waals surface area contributed by atoms with Gasteiger partial charge in [0.05, 0.1) is 12.3 Å². The Morgan fingerprint density at radius 2 is 1.93 bits per heavy atom. The third-order valence-electron chi connectivity index (χ3n) is 4.58. The van der Waals surface area contributed by atoms with E-state index in [1.54, 1.807) is 7.11 Å². The molecule has 0 spiro atoms. The zero-order valence-corrected chi connectivity index (χ0v) is 16.4. The van der Waals surface area contributed by atoms with Crippen LogP contribution in [0.4, 0.5) is 0 Å². The predicted octanol–water partition coefficient (Wildman–Crippen LogP) is 4.34. The Kier molecular flexibility index (Phi) is 5.50. The van der Waals surface area contributed by atoms with Crippen LogP contribution in [0.5, 0.6) is 0 Å². The molecular formula is C22H21N3O2S. The summed E-state index contributed by atoms with van der Waals surface area (Å²) < 4.78 is 7.47. The van der Waals surface area contributed by atoms with Crippen molar-refractivity contribution >= 4 is 28.1 Å². The number of methoxy groups -OCH3 is 1. The van der Waals surface area contributed by atoms with Crippen LogP contribution in [0.2, 0.25) is 0 Å². The lowest BCUT2D eigenvalue weighted by atomic mass is 10.2. The number of rotatable bonds is 7. The van der Waals surface area contributed by atoms with E-state index in [9.17, 15) is 4.79 Å². The molecule has 2 heterocycles. The van der Waals surface area contributed by atoms with Gasteiger partial charge in [0, 0.05) is 36.5 Å². The number of hydrogen-bond acceptors (Lipinski definition) is 4. The zero-order valence-electron chi connectivity index (χ0n) is 15.6. The molecule has 142 valence electrons. The van der Waals surface area contributed by atoms with Crippen LogP contribution in [0.1, 0.15) is 16.1 Å². The molecule has 0 aliphatic rings. The molecule has 4 aromatic rings. The molecule has 5 nitrogen and oxygen atoms in total. The molecule has 1 N–H and O–H groups in total. The highest BCUT2D eigenvalue weighted by molar-refractivity contribution is 7.13. The number of amides is 1. The second-order valence-corrected chi connectivity index (χ2v) is 7.30. The van der Waals surface area contributed by atoms with Crippen LogP contribution in [0.25, 0.3) is 21.6 Å². The first-order valence-corrected chi connectivity index (χ1v) is 9.99. The van der Waals surface area contributed by atoms with Crippen molar-refractivity contribution in [3.05, 3.63) is 77.3 Å². The van der Waals surface area contributed by atoms with Crippen molar-refractivity contribution in [1.82, 2.24) is 14.9 Å². The summed E-state index contributed by atoms with van der Waals surface area (Å²) in [5.74, 6) is -0.161. The van der Waals surface area contributed by atoms with E-state index in [4.69, 9.17) is 4.74 Å². The molecule has 2 aromatic heterocycles. The summed E-state index contributed by atoms with van der Waals surface area (Å²) in [4.78, 5) is 17.1. The van der Waals surface area contributed by atoms with Crippen LogP contribution < -0.4 is 5.32 Å². The molecular weight excluding hydrogens is 370 g/mol. The Labute approximate surface area is 167 Å². The van der Waals surface area contributed by atoms with Crippen LogP contribution >= 0.6 is 11.3 Å². The van der Waals surface area contributed by atoms with E-state index in [2.05, 4.69) is 33.1 Å². The van der Waals surface area contributed by atoms with Gasteiger partial charge in [-0.15, -0.1) is 11.3 Å². The van der Waals surface area contributed by atoms with Crippen molar-refractivity contribution in [2.24, 2.45) is 0 Å². The molecule has 0 saturated carbocycles. The van der Waals surface area contributed by atoms with Crippen molar-refractivity contribution in [3.8, 4) is 10.7 Å². The molecule has 0 unspecified atom stereocenters. The second-order valence-electron chi connectivity index (χ2n) is 6.44. The van der Waals surface area contributed by atoms with Crippen molar-refractivity contribution in [3.63, 3.8) is 0 Å². The van der Waals surface area contributed by atoms with Gasteiger partial charge in [0.2, 0.25) is 0 Å². The highest BCUT2D eigenvalue weighted by atomic mass is 32.1. The second kappa shape index (κ2) is 8.37. The van der Waals surface area contributed by atoms with Crippen molar-refractivity contribution in [1.29, 1.82) is 0 Å². The van der Waals surface area contributed by atoms with Crippen molar-refractivity contribution < 1.29 is 9.53 Å². The molecule has 0 aliphatic heterocycles. The Bertz CT molecular complexity index is 1090. The monoisotopic (exact) mass is 391 g/mol. The number of nitrogens with zero attached hydrogens (tertiary/aromatic N) is 2. The third-order valence-corrected chi connectivity index (χ3v) is 5.45. The van der Waals surface area contributed by atoms with Crippen LogP contribution in [0.3, 0.4) is 0 Å². The number of ether oxygens (including phenoxy) is 1. The van der Waals surface area contributed by atoms with Gasteiger partial charge in [-0.05, 0) is 17.7 Å². The summed E-state index contributed by atoms with van der Waals surface area (Å²) in [6.07, 6.45) is 0. The SMILES string of the molecule is COCCn1c(-c2nc(C(=O)NCc3ccccc3)cs2)cc2ccccc21. The largest absolute Gasteiger partial charge is 0.383 e. The number of thiazole rings is 1. The Morgan fingerprint density at radius 3 is 2.75 bits per heavy atom. The molecule has 0 atom stereocenters. The van der Waals surface area contributed by atoms with E-state index < -0.39 is 0 Å². The maximum atomic E-state index is 12.5. The summed E-state index contributed by atoms with van der Waals surface area (Å²) in [6.45, 7) is 1.83. The number of carbonyl (C=O) groups is 1. The maximum absolute atomic E-state index is 12.5. The average molecular weight is 391 g/mol. The minimum Gasteiger partial charge on any atom is -0.383 e. The van der Waals surface area contributed by atoms with Gasteiger partial charge in [-0.2, -0.15) is 0 Å². The number of fused-ring (bicyclic) bond motifs is 1. The number of nitrogens with one attached hydrogen (secondary N) is 1. The summed E-state index contributed by atoms with van der Waals surface area (Å²) in [5.41, 5.74) is 3.65. The van der Waals surface area contributed by atoms with Crippen molar-refractivity contribution in [2.75, 3.05) is 13.7 Å². The first-order chi connectivity index (χ1) is 13.8. The van der Waals surface area contributed by atoms with Gasteiger partial charge in [-0.3, -0.25) is 4.79 Å². The average Bonchev–Trinajstić information content (AvgIpc) is 3.36. The normalized spacial score (nSPS) is 11.0. The van der Waals surface area contributed by atoms with Crippen LogP contribution in [-0.2, 0) is 17.8 Å². The molecule has 0 bridgehead atoms. The van der Waals surface area contributed by atoms with Gasteiger partial charge in [0.15, 0.2) is 0 Å². The van der Waals surface area contributed by atoms with Crippen LogP contribution in [-0.4, -0.2) is 29.2 Å². The smallest absolute Gasteiger partial charge is 0.271 e. The Balaban J connectivity index is 1.57. The van der Waals surface area contributed by atoms with E-state index in [1.165, 1.54) is 11.3 Å². The number of para-hydroxylation sites is 1. The van der Waals surface area contributed by atoms with E-state index in [1.807, 2.05) is 47.8 Å². The van der Waals surface area contributed by atoms with E-state index in [0.29, 0.717) is 18.8 Å². The number of aromatic nitrogens is 2. The van der Waals surface area contributed by atoms with Gasteiger partial charge < -0.3 is 14.6 Å². The Hall–Kier alpha value is -2.96. The fraction of sp³-hybridized carbons (Fsp3) is 0.182. The highest BCUT2D eigenvalue weighted by Crippen LogP contribution is 2.30. The lowest BCUT2D eigenvalue weighted by molar-refractivity contribution is 0.0946. The molecule has 4 rings (SSSR count). The summed E-state index contributed by atoms with van der Waals surface area (Å²) in [6, 6.07) is 20.2. The maximum Gasteiger partial charge on any atom is 0.271 e. The van der Waals surface area contributed by atoms with Gasteiger partial charge in [-0.25, -0.2) is 4.98 Å². The van der Waals surface area contributed by atoms with Gasteiger partial charge in [0.1, 0.15) is 10.7 Å². The number of carbonyl (C=O) groups excluding carboxylic acids is 1. The third kappa shape index (κ3) is 3.83. The summed E-state index contributed by atoms with van der Waals surface area (Å²) >= 11 is 1.48. The van der Waals surface area contributed by atoms with Gasteiger partial charge in [-0.1, -0.05) is 48.5 Å². The van der Waals surface area contributed by atoms with Gasteiger partial charge >= 0.3 is 0 Å². The molecule has 28 heavy (non-hydrogen) atoms. The van der Waals surface area contributed by atoms with E-state index in [-0.39, 0.29) is 5.91 Å². The number of benzene rings is 2. The molecule has 0 fully saturated rings. The minimum atomic E-state index is -0.161. The Morgan fingerprint density at radius 1 is 1.14 bits per heavy atom. The topological polar surface area (TPSA) is 56.2 Å². The molecule has 2 aromatic carbocycles. The fourth-order valence-corrected chi connectivity index (χ4v) is 4.00. The number of hydrogen-bond donors (Lipinski definition) is 1. The fourth-order valence-electron chi connectivity index (χ4n) is 3.18. The minimum absolute atomic E-state index is 0.161. The first kappa shape index (κ1) is 18.4. The molecule has 6 heteroatoms. The van der Waals surface area contributed by atoms with Crippen molar-refractivity contribution in [2.45, 2.75) is 13.1 Å². The quantitative estimate of drug-likeness (QED) is 0.510. The summed E-state index contributed by atoms with van der Waals surface area (Å²) in [7, 11) is 1.70. The van der Waals surface area contributed by atoms with E-state index in [0.717, 1.165) is 33.7 Å². The molecule has 0 aliphatic carbocycles.